The highest BCUT2D eigenvalue weighted by Crippen LogP contribution is 2.43. The maximum absolute atomic E-state index is 12.4. The van der Waals surface area contributed by atoms with Crippen molar-refractivity contribution in [1.82, 2.24) is 4.90 Å². The number of aryl methyl sites for hydroxylation is 1. The zero-order valence-corrected chi connectivity index (χ0v) is 17.0. The second-order valence-electron chi connectivity index (χ2n) is 7.87. The van der Waals surface area contributed by atoms with Gasteiger partial charge in [0, 0.05) is 25.6 Å². The van der Waals surface area contributed by atoms with Gasteiger partial charge in [0.1, 0.15) is 5.60 Å². The van der Waals surface area contributed by atoms with Crippen molar-refractivity contribution in [3.05, 3.63) is 107 Å². The van der Waals surface area contributed by atoms with E-state index in [2.05, 4.69) is 60.4 Å². The quantitative estimate of drug-likeness (QED) is 0.683. The normalized spacial score (nSPS) is 18.1. The predicted molar refractivity (Wildman–Crippen MR) is 117 cm³/mol. The first kappa shape index (κ1) is 19.8. The molecule has 0 aromatic heterocycles. The third-order valence-electron chi connectivity index (χ3n) is 5.96. The molecular formula is C26H29NO2. The molecule has 150 valence electrons. The van der Waals surface area contributed by atoms with Gasteiger partial charge in [0.2, 0.25) is 0 Å². The number of hydrogen-bond donors (Lipinski definition) is 1. The second-order valence-corrected chi connectivity index (χ2v) is 7.87. The minimum Gasteiger partial charge on any atom is -0.380 e. The fourth-order valence-corrected chi connectivity index (χ4v) is 4.27. The number of benzene rings is 3. The summed E-state index contributed by atoms with van der Waals surface area (Å²) in [6.45, 7) is 6.12. The molecule has 0 amide bonds. The molecule has 0 aliphatic carbocycles. The number of nitrogens with zero attached hydrogens (tertiary/aromatic N) is 1. The van der Waals surface area contributed by atoms with Crippen LogP contribution in [0.4, 0.5) is 0 Å². The first-order chi connectivity index (χ1) is 14.2. The van der Waals surface area contributed by atoms with Crippen LogP contribution in [0.1, 0.15) is 28.2 Å². The van der Waals surface area contributed by atoms with Crippen LogP contribution in [0.25, 0.3) is 0 Å². The lowest BCUT2D eigenvalue weighted by atomic mass is 9.72. The topological polar surface area (TPSA) is 32.7 Å². The first-order valence-electron chi connectivity index (χ1n) is 10.4. The van der Waals surface area contributed by atoms with Crippen LogP contribution < -0.4 is 0 Å². The number of aliphatic hydroxyl groups is 1. The van der Waals surface area contributed by atoms with Crippen LogP contribution in [0.5, 0.6) is 0 Å². The van der Waals surface area contributed by atoms with E-state index in [1.54, 1.807) is 0 Å². The average Bonchev–Trinajstić information content (AvgIpc) is 2.79. The van der Waals surface area contributed by atoms with Crippen molar-refractivity contribution >= 4 is 0 Å². The van der Waals surface area contributed by atoms with Gasteiger partial charge in [0.15, 0.2) is 0 Å². The molecule has 0 unspecified atom stereocenters. The molecule has 1 fully saturated rings. The summed E-state index contributed by atoms with van der Waals surface area (Å²) < 4.78 is 5.55. The number of morpholine rings is 1. The van der Waals surface area contributed by atoms with Gasteiger partial charge in [-0.15, -0.1) is 0 Å². The Balaban J connectivity index is 1.84. The molecule has 2 atom stereocenters. The van der Waals surface area contributed by atoms with Crippen molar-refractivity contribution in [3.8, 4) is 0 Å². The molecule has 0 saturated carbocycles. The molecule has 0 bridgehead atoms. The van der Waals surface area contributed by atoms with Crippen molar-refractivity contribution in [2.45, 2.75) is 18.4 Å². The van der Waals surface area contributed by atoms with Crippen LogP contribution in [-0.4, -0.2) is 42.9 Å². The molecule has 1 heterocycles. The minimum absolute atomic E-state index is 0.105. The fourth-order valence-electron chi connectivity index (χ4n) is 4.27. The number of hydrogen-bond acceptors (Lipinski definition) is 3. The van der Waals surface area contributed by atoms with Gasteiger partial charge in [-0.25, -0.2) is 0 Å². The van der Waals surface area contributed by atoms with E-state index >= 15 is 0 Å². The van der Waals surface area contributed by atoms with Crippen molar-refractivity contribution in [3.63, 3.8) is 0 Å². The van der Waals surface area contributed by atoms with Gasteiger partial charge in [-0.05, 0) is 23.6 Å². The Morgan fingerprint density at radius 3 is 2.00 bits per heavy atom. The Morgan fingerprint density at radius 2 is 1.38 bits per heavy atom. The Kier molecular flexibility index (Phi) is 6.10. The van der Waals surface area contributed by atoms with E-state index in [4.69, 9.17) is 4.74 Å². The Morgan fingerprint density at radius 1 is 0.828 bits per heavy atom. The average molecular weight is 388 g/mol. The first-order valence-corrected chi connectivity index (χ1v) is 10.4. The molecule has 4 rings (SSSR count). The summed E-state index contributed by atoms with van der Waals surface area (Å²) >= 11 is 0. The molecule has 3 nitrogen and oxygen atoms in total. The lowest BCUT2D eigenvalue weighted by Gasteiger charge is -2.41. The molecule has 0 spiro atoms. The van der Waals surface area contributed by atoms with Gasteiger partial charge in [0.25, 0.3) is 0 Å². The Hall–Kier alpha value is -2.46. The van der Waals surface area contributed by atoms with E-state index < -0.39 is 5.60 Å². The fraction of sp³-hybridized carbons (Fsp3) is 0.308. The molecular weight excluding hydrogens is 358 g/mol. The summed E-state index contributed by atoms with van der Waals surface area (Å²) in [4.78, 5) is 2.41. The lowest BCUT2D eigenvalue weighted by Crippen LogP contribution is -2.45. The summed E-state index contributed by atoms with van der Waals surface area (Å²) in [6, 6.07) is 28.8. The van der Waals surface area contributed by atoms with Crippen molar-refractivity contribution < 1.29 is 9.84 Å². The van der Waals surface area contributed by atoms with Gasteiger partial charge in [0.05, 0.1) is 13.2 Å². The molecule has 1 saturated heterocycles. The van der Waals surface area contributed by atoms with Gasteiger partial charge < -0.3 is 9.84 Å². The Labute approximate surface area is 173 Å². The number of ether oxygens (including phenoxy) is 1. The van der Waals surface area contributed by atoms with Crippen LogP contribution in [0, 0.1) is 6.92 Å². The van der Waals surface area contributed by atoms with Gasteiger partial charge in [-0.2, -0.15) is 0 Å². The third-order valence-corrected chi connectivity index (χ3v) is 5.96. The smallest absolute Gasteiger partial charge is 0.123 e. The standard InChI is InChI=1S/C26H29NO2/c1-21-12-14-24(15-13-21)26(28,23-10-6-3-7-11-23)25(22-8-4-2-5-9-22)20-27-16-18-29-19-17-27/h2-15,25,28H,16-20H2,1H3/t25-,26+/m1/s1. The van der Waals surface area contributed by atoms with Crippen molar-refractivity contribution in [1.29, 1.82) is 0 Å². The zero-order chi connectivity index (χ0) is 20.1. The summed E-state index contributed by atoms with van der Waals surface area (Å²) in [6.07, 6.45) is 0. The van der Waals surface area contributed by atoms with Crippen LogP contribution in [0.15, 0.2) is 84.9 Å². The highest BCUT2D eigenvalue weighted by Gasteiger charge is 2.42. The number of rotatable bonds is 6. The van der Waals surface area contributed by atoms with E-state index in [1.807, 2.05) is 36.4 Å². The maximum atomic E-state index is 12.4. The Bertz CT molecular complexity index is 889. The largest absolute Gasteiger partial charge is 0.380 e. The van der Waals surface area contributed by atoms with Crippen molar-refractivity contribution in [2.75, 3.05) is 32.8 Å². The van der Waals surface area contributed by atoms with Crippen LogP contribution in [0.3, 0.4) is 0 Å². The van der Waals surface area contributed by atoms with Crippen molar-refractivity contribution in [2.24, 2.45) is 0 Å². The monoisotopic (exact) mass is 387 g/mol. The molecule has 1 N–H and O–H groups in total. The van der Waals surface area contributed by atoms with Crippen LogP contribution in [0.2, 0.25) is 0 Å². The van der Waals surface area contributed by atoms with E-state index in [9.17, 15) is 5.11 Å². The van der Waals surface area contributed by atoms with Gasteiger partial charge >= 0.3 is 0 Å². The molecule has 0 radical (unpaired) electrons. The molecule has 3 heteroatoms. The molecule has 29 heavy (non-hydrogen) atoms. The van der Waals surface area contributed by atoms with E-state index in [-0.39, 0.29) is 5.92 Å². The highest BCUT2D eigenvalue weighted by atomic mass is 16.5. The van der Waals surface area contributed by atoms with E-state index in [0.717, 1.165) is 49.5 Å². The van der Waals surface area contributed by atoms with Gasteiger partial charge in [-0.1, -0.05) is 90.5 Å². The van der Waals surface area contributed by atoms with Gasteiger partial charge in [-0.3, -0.25) is 4.90 Å². The SMILES string of the molecule is Cc1ccc([C@@](O)(c2ccccc2)[C@H](CN2CCOCC2)c2ccccc2)cc1. The predicted octanol–water partition coefficient (Wildman–Crippen LogP) is 4.35. The van der Waals surface area contributed by atoms with E-state index in [0.29, 0.717) is 0 Å². The summed E-state index contributed by atoms with van der Waals surface area (Å²) in [5.41, 5.74) is 3.05. The molecule has 3 aromatic rings. The molecule has 3 aromatic carbocycles. The minimum atomic E-state index is -1.13. The zero-order valence-electron chi connectivity index (χ0n) is 17.0. The third kappa shape index (κ3) is 4.27. The summed E-state index contributed by atoms with van der Waals surface area (Å²) in [5.74, 6) is -0.105. The lowest BCUT2D eigenvalue weighted by molar-refractivity contribution is 0.000764. The van der Waals surface area contributed by atoms with Crippen LogP contribution >= 0.6 is 0 Å². The summed E-state index contributed by atoms with van der Waals surface area (Å²) in [5, 5.41) is 12.4. The maximum Gasteiger partial charge on any atom is 0.123 e. The highest BCUT2D eigenvalue weighted by molar-refractivity contribution is 5.42. The molecule has 1 aliphatic rings. The summed E-state index contributed by atoms with van der Waals surface area (Å²) in [7, 11) is 0. The van der Waals surface area contributed by atoms with E-state index in [1.165, 1.54) is 5.56 Å². The second kappa shape index (κ2) is 8.91. The van der Waals surface area contributed by atoms with Crippen LogP contribution in [-0.2, 0) is 10.3 Å². The molecule has 1 aliphatic heterocycles.